The van der Waals surface area contributed by atoms with Crippen LogP contribution in [0.25, 0.3) is 0 Å². The molecule has 0 bridgehead atoms. The molecule has 1 aromatic rings. The van der Waals surface area contributed by atoms with E-state index >= 15 is 0 Å². The minimum Gasteiger partial charge on any atom is -0.507 e. The zero-order chi connectivity index (χ0) is 14.2. The molecule has 1 aliphatic rings. The molecule has 2 heterocycles. The monoisotopic (exact) mass is 267 g/mol. The molecule has 1 amide bonds. The van der Waals surface area contributed by atoms with Crippen LogP contribution in [0, 0.1) is 0 Å². The number of fused-ring (bicyclic) bond motifs is 1. The lowest BCUT2D eigenvalue weighted by atomic mass is 10.1. The van der Waals surface area contributed by atoms with Crippen LogP contribution in [0.5, 0.6) is 5.75 Å². The van der Waals surface area contributed by atoms with Crippen LogP contribution < -0.4 is 5.63 Å². The zero-order valence-corrected chi connectivity index (χ0v) is 11.2. The van der Waals surface area contributed by atoms with Crippen LogP contribution in [0.1, 0.15) is 32.1 Å². The highest BCUT2D eigenvalue weighted by atomic mass is 16.6. The van der Waals surface area contributed by atoms with Gasteiger partial charge in [-0.1, -0.05) is 0 Å². The summed E-state index contributed by atoms with van der Waals surface area (Å²) in [5.74, 6) is 0.296. The minimum atomic E-state index is -0.582. The third-order valence-corrected chi connectivity index (χ3v) is 2.73. The lowest BCUT2D eigenvalue weighted by molar-refractivity contribution is 0.0215. The van der Waals surface area contributed by atoms with Gasteiger partial charge in [-0.05, 0) is 20.8 Å². The summed E-state index contributed by atoms with van der Waals surface area (Å²) in [5, 5.41) is 9.73. The van der Waals surface area contributed by atoms with Crippen molar-refractivity contribution in [2.75, 3.05) is 6.54 Å². The first-order chi connectivity index (χ1) is 8.76. The molecule has 6 heteroatoms. The maximum absolute atomic E-state index is 11.9. The van der Waals surface area contributed by atoms with E-state index in [0.29, 0.717) is 24.3 Å². The molecule has 0 aromatic carbocycles. The quantitative estimate of drug-likeness (QED) is 0.773. The largest absolute Gasteiger partial charge is 0.507 e. The third-order valence-electron chi connectivity index (χ3n) is 2.73. The molecule has 1 aromatic heterocycles. The Labute approximate surface area is 110 Å². The van der Waals surface area contributed by atoms with E-state index in [0.717, 1.165) is 6.07 Å². The van der Waals surface area contributed by atoms with Crippen LogP contribution in [-0.4, -0.2) is 28.2 Å². The highest BCUT2D eigenvalue weighted by molar-refractivity contribution is 5.68. The molecule has 0 fully saturated rings. The fourth-order valence-electron chi connectivity index (χ4n) is 1.91. The maximum atomic E-state index is 11.9. The van der Waals surface area contributed by atoms with E-state index in [9.17, 15) is 14.7 Å². The molecule has 6 nitrogen and oxygen atoms in total. The molecular formula is C13H17NO5. The second kappa shape index (κ2) is 4.60. The number of amides is 1. The molecule has 19 heavy (non-hydrogen) atoms. The molecule has 0 saturated heterocycles. The molecule has 1 N–H and O–H groups in total. The Morgan fingerprint density at radius 2 is 2.16 bits per heavy atom. The molecule has 0 unspecified atom stereocenters. The fraction of sp³-hybridized carbons (Fsp3) is 0.538. The van der Waals surface area contributed by atoms with Gasteiger partial charge in [0.15, 0.2) is 0 Å². The number of hydrogen-bond acceptors (Lipinski definition) is 5. The Hall–Kier alpha value is -1.98. The zero-order valence-electron chi connectivity index (χ0n) is 11.2. The number of aromatic hydroxyl groups is 1. The number of carbonyl (C=O) groups is 1. The van der Waals surface area contributed by atoms with Gasteiger partial charge in [0.05, 0.1) is 18.2 Å². The van der Waals surface area contributed by atoms with Gasteiger partial charge in [0, 0.05) is 13.0 Å². The molecule has 1 aliphatic heterocycles. The van der Waals surface area contributed by atoms with E-state index in [-0.39, 0.29) is 12.3 Å². The Balaban J connectivity index is 2.18. The molecule has 2 rings (SSSR count). The van der Waals surface area contributed by atoms with Gasteiger partial charge in [0.25, 0.3) is 0 Å². The molecule has 0 spiro atoms. The highest BCUT2D eigenvalue weighted by Crippen LogP contribution is 2.26. The third kappa shape index (κ3) is 3.07. The van der Waals surface area contributed by atoms with Crippen molar-refractivity contribution in [1.29, 1.82) is 0 Å². The summed E-state index contributed by atoms with van der Waals surface area (Å²) in [6.07, 6.45) is -0.0539. The van der Waals surface area contributed by atoms with E-state index in [1.165, 1.54) is 4.90 Å². The summed E-state index contributed by atoms with van der Waals surface area (Å²) in [6.45, 7) is 5.95. The van der Waals surface area contributed by atoms with Gasteiger partial charge < -0.3 is 19.2 Å². The summed E-state index contributed by atoms with van der Waals surface area (Å²) in [5.41, 5.74) is -0.679. The van der Waals surface area contributed by atoms with Crippen LogP contribution in [0.3, 0.4) is 0 Å². The van der Waals surface area contributed by atoms with Crippen molar-refractivity contribution in [3.8, 4) is 5.75 Å². The summed E-state index contributed by atoms with van der Waals surface area (Å²) >= 11 is 0. The molecule has 0 radical (unpaired) electrons. The Morgan fingerprint density at radius 3 is 2.79 bits per heavy atom. The van der Waals surface area contributed by atoms with Crippen LogP contribution in [0.15, 0.2) is 15.3 Å². The van der Waals surface area contributed by atoms with Crippen molar-refractivity contribution in [3.05, 3.63) is 27.8 Å². The lowest BCUT2D eigenvalue weighted by Gasteiger charge is -2.30. The van der Waals surface area contributed by atoms with Gasteiger partial charge >= 0.3 is 11.7 Å². The van der Waals surface area contributed by atoms with E-state index < -0.39 is 17.3 Å². The number of ether oxygens (including phenoxy) is 1. The normalized spacial score (nSPS) is 15.0. The summed E-state index contributed by atoms with van der Waals surface area (Å²) in [4.78, 5) is 24.5. The molecule has 0 saturated carbocycles. The van der Waals surface area contributed by atoms with Crippen molar-refractivity contribution >= 4 is 6.09 Å². The van der Waals surface area contributed by atoms with Crippen LogP contribution >= 0.6 is 0 Å². The Kier molecular flexibility index (Phi) is 3.26. The number of carbonyl (C=O) groups excluding carboxylic acids is 1. The van der Waals surface area contributed by atoms with Crippen LogP contribution in [-0.2, 0) is 17.7 Å². The van der Waals surface area contributed by atoms with Gasteiger partial charge in [0.2, 0.25) is 0 Å². The predicted molar refractivity (Wildman–Crippen MR) is 67.0 cm³/mol. The van der Waals surface area contributed by atoms with E-state index in [4.69, 9.17) is 9.15 Å². The summed E-state index contributed by atoms with van der Waals surface area (Å²) in [6, 6.07) is 1.01. The van der Waals surface area contributed by atoms with Crippen molar-refractivity contribution in [3.63, 3.8) is 0 Å². The van der Waals surface area contributed by atoms with Gasteiger partial charge in [-0.25, -0.2) is 9.59 Å². The average molecular weight is 267 g/mol. The summed E-state index contributed by atoms with van der Waals surface area (Å²) < 4.78 is 10.3. The molecule has 0 aliphatic carbocycles. The van der Waals surface area contributed by atoms with Crippen molar-refractivity contribution in [2.24, 2.45) is 0 Å². The SMILES string of the molecule is CC(C)(C)OC(=O)N1CCc2oc(=O)cc(O)c2C1. The fourth-order valence-corrected chi connectivity index (χ4v) is 1.91. The summed E-state index contributed by atoms with van der Waals surface area (Å²) in [7, 11) is 0. The molecular weight excluding hydrogens is 250 g/mol. The molecule has 0 atom stereocenters. The lowest BCUT2D eigenvalue weighted by Crippen LogP contribution is -2.40. The first-order valence-electron chi connectivity index (χ1n) is 6.09. The Morgan fingerprint density at radius 1 is 1.47 bits per heavy atom. The molecule has 104 valence electrons. The first-order valence-corrected chi connectivity index (χ1v) is 6.09. The number of hydrogen-bond donors (Lipinski definition) is 1. The van der Waals surface area contributed by atoms with Crippen molar-refractivity contribution in [2.45, 2.75) is 39.3 Å². The smallest absolute Gasteiger partial charge is 0.410 e. The first kappa shape index (κ1) is 13.5. The minimum absolute atomic E-state index is 0.139. The van der Waals surface area contributed by atoms with Crippen LogP contribution in [0.2, 0.25) is 0 Å². The highest BCUT2D eigenvalue weighted by Gasteiger charge is 2.28. The van der Waals surface area contributed by atoms with E-state index in [2.05, 4.69) is 0 Å². The van der Waals surface area contributed by atoms with Crippen molar-refractivity contribution in [1.82, 2.24) is 4.90 Å². The second-order valence-corrected chi connectivity index (χ2v) is 5.50. The number of rotatable bonds is 0. The Bertz CT molecular complexity index is 555. The van der Waals surface area contributed by atoms with Gasteiger partial charge in [0.1, 0.15) is 17.1 Å². The van der Waals surface area contributed by atoms with Gasteiger partial charge in [-0.3, -0.25) is 0 Å². The second-order valence-electron chi connectivity index (χ2n) is 5.50. The van der Waals surface area contributed by atoms with E-state index in [1.807, 2.05) is 0 Å². The topological polar surface area (TPSA) is 80.0 Å². The van der Waals surface area contributed by atoms with Crippen molar-refractivity contribution < 1.29 is 19.1 Å². The van der Waals surface area contributed by atoms with E-state index in [1.54, 1.807) is 20.8 Å². The predicted octanol–water partition coefficient (Wildman–Crippen LogP) is 1.64. The van der Waals surface area contributed by atoms with Gasteiger partial charge in [-0.15, -0.1) is 0 Å². The number of nitrogens with zero attached hydrogens (tertiary/aromatic N) is 1. The maximum Gasteiger partial charge on any atom is 0.410 e. The van der Waals surface area contributed by atoms with Crippen LogP contribution in [0.4, 0.5) is 4.79 Å². The average Bonchev–Trinajstić information content (AvgIpc) is 2.25. The van der Waals surface area contributed by atoms with Gasteiger partial charge in [-0.2, -0.15) is 0 Å². The standard InChI is InChI=1S/C13H17NO5/c1-13(2,3)19-12(17)14-5-4-10-8(7-14)9(15)6-11(16)18-10/h6,15H,4-5,7H2,1-3H3.